The van der Waals surface area contributed by atoms with Crippen molar-refractivity contribution in [2.24, 2.45) is 0 Å². The Morgan fingerprint density at radius 1 is 1.05 bits per heavy atom. The lowest BCUT2D eigenvalue weighted by Crippen LogP contribution is -1.90. The van der Waals surface area contributed by atoms with Gasteiger partial charge in [0.25, 0.3) is 0 Å². The Morgan fingerprint density at radius 3 is 2.63 bits per heavy atom. The van der Waals surface area contributed by atoms with Gasteiger partial charge < -0.3 is 0 Å². The summed E-state index contributed by atoms with van der Waals surface area (Å²) in [6.45, 7) is 0. The van der Waals surface area contributed by atoms with E-state index in [1.807, 2.05) is 30.3 Å². The van der Waals surface area contributed by atoms with Crippen LogP contribution in [0.5, 0.6) is 0 Å². The predicted molar refractivity (Wildman–Crippen MR) is 82.7 cm³/mol. The quantitative estimate of drug-likeness (QED) is 0.550. The molecule has 0 bridgehead atoms. The van der Waals surface area contributed by atoms with Gasteiger partial charge in [0.05, 0.1) is 10.5 Å². The fourth-order valence-electron chi connectivity index (χ4n) is 1.96. The van der Waals surface area contributed by atoms with E-state index >= 15 is 0 Å². The van der Waals surface area contributed by atoms with Crippen molar-refractivity contribution in [1.29, 1.82) is 0 Å². The monoisotopic (exact) mass is 352 g/mol. The molecule has 0 saturated heterocycles. The number of aromatic nitrogens is 2. The largest absolute Gasteiger partial charge is 0.264 e. The van der Waals surface area contributed by atoms with Crippen molar-refractivity contribution in [3.05, 3.63) is 57.4 Å². The van der Waals surface area contributed by atoms with Crippen LogP contribution in [0.25, 0.3) is 22.0 Å². The highest BCUT2D eigenvalue weighted by atomic mass is 79.9. The number of halogens is 3. The molecule has 1 aromatic carbocycles. The van der Waals surface area contributed by atoms with E-state index in [1.54, 1.807) is 12.4 Å². The van der Waals surface area contributed by atoms with Crippen LogP contribution in [0.4, 0.5) is 0 Å². The van der Waals surface area contributed by atoms with Gasteiger partial charge >= 0.3 is 0 Å². The maximum atomic E-state index is 6.50. The fourth-order valence-corrected chi connectivity index (χ4v) is 3.37. The van der Waals surface area contributed by atoms with Crippen LogP contribution in [0.3, 0.4) is 0 Å². The Balaban J connectivity index is 2.41. The van der Waals surface area contributed by atoms with Crippen LogP contribution in [0, 0.1) is 0 Å². The molecule has 0 fully saturated rings. The van der Waals surface area contributed by atoms with Crippen LogP contribution in [-0.4, -0.2) is 9.97 Å². The summed E-state index contributed by atoms with van der Waals surface area (Å²) in [6.07, 6.45) is 3.42. The van der Waals surface area contributed by atoms with Crippen LogP contribution in [0.15, 0.2) is 47.2 Å². The summed E-state index contributed by atoms with van der Waals surface area (Å²) in [4.78, 5) is 8.49. The van der Waals surface area contributed by atoms with E-state index in [0.29, 0.717) is 15.7 Å². The summed E-state index contributed by atoms with van der Waals surface area (Å²) in [7, 11) is 0. The maximum Gasteiger partial charge on any atom is 0.139 e. The van der Waals surface area contributed by atoms with E-state index < -0.39 is 0 Å². The maximum absolute atomic E-state index is 6.50. The van der Waals surface area contributed by atoms with E-state index in [0.717, 1.165) is 20.9 Å². The van der Waals surface area contributed by atoms with Gasteiger partial charge in [0.1, 0.15) is 5.15 Å². The van der Waals surface area contributed by atoms with Crippen LogP contribution in [0.1, 0.15) is 0 Å². The molecule has 2 heterocycles. The Kier molecular flexibility index (Phi) is 3.44. The number of hydrogen-bond donors (Lipinski definition) is 0. The molecule has 19 heavy (non-hydrogen) atoms. The lowest BCUT2D eigenvalue weighted by molar-refractivity contribution is 1.32. The molecule has 0 amide bonds. The molecular weight excluding hydrogens is 347 g/mol. The van der Waals surface area contributed by atoms with Gasteiger partial charge in [0.2, 0.25) is 0 Å². The molecule has 0 aliphatic carbocycles. The molecule has 5 heteroatoms. The second kappa shape index (κ2) is 5.08. The van der Waals surface area contributed by atoms with E-state index in [1.165, 1.54) is 0 Å². The van der Waals surface area contributed by atoms with Crippen molar-refractivity contribution in [1.82, 2.24) is 9.97 Å². The highest BCUT2D eigenvalue weighted by Crippen LogP contribution is 2.40. The van der Waals surface area contributed by atoms with Gasteiger partial charge in [-0.15, -0.1) is 0 Å². The molecule has 0 unspecified atom stereocenters. The van der Waals surface area contributed by atoms with Crippen molar-refractivity contribution < 1.29 is 0 Å². The first-order valence-corrected chi connectivity index (χ1v) is 7.07. The Hall–Kier alpha value is -1.16. The minimum absolute atomic E-state index is 0.378. The topological polar surface area (TPSA) is 25.8 Å². The third-order valence-electron chi connectivity index (χ3n) is 2.81. The first-order chi connectivity index (χ1) is 9.18. The molecule has 0 aliphatic heterocycles. The molecule has 0 aliphatic rings. The third kappa shape index (κ3) is 2.22. The van der Waals surface area contributed by atoms with E-state index in [9.17, 15) is 0 Å². The van der Waals surface area contributed by atoms with Crippen molar-refractivity contribution >= 4 is 50.0 Å². The lowest BCUT2D eigenvalue weighted by Gasteiger charge is -2.10. The van der Waals surface area contributed by atoms with E-state index in [4.69, 9.17) is 23.2 Å². The Labute approximate surface area is 128 Å². The summed E-state index contributed by atoms with van der Waals surface area (Å²) in [5, 5.41) is 1.81. The molecule has 0 atom stereocenters. The number of fused-ring (bicyclic) bond motifs is 1. The molecule has 0 N–H and O–H groups in total. The molecule has 2 nitrogen and oxygen atoms in total. The number of hydrogen-bond acceptors (Lipinski definition) is 2. The first kappa shape index (κ1) is 12.9. The summed E-state index contributed by atoms with van der Waals surface area (Å²) in [6, 6.07) is 9.45. The van der Waals surface area contributed by atoms with E-state index in [2.05, 4.69) is 25.9 Å². The van der Waals surface area contributed by atoms with Crippen molar-refractivity contribution in [2.75, 3.05) is 0 Å². The van der Waals surface area contributed by atoms with Crippen LogP contribution in [-0.2, 0) is 0 Å². The standard InChI is InChI=1S/C14H7BrCl2N2/c15-9-4-1-5-10-12(9)13(16)11(14(17)19-10)8-3-2-6-18-7-8/h1-7H. The molecule has 0 spiro atoms. The molecule has 2 aromatic heterocycles. The highest BCUT2D eigenvalue weighted by Gasteiger charge is 2.15. The van der Waals surface area contributed by atoms with Gasteiger partial charge in [-0.3, -0.25) is 4.98 Å². The second-order valence-electron chi connectivity index (χ2n) is 3.97. The number of rotatable bonds is 1. The van der Waals surface area contributed by atoms with Gasteiger partial charge in [0, 0.05) is 33.4 Å². The number of nitrogens with zero attached hydrogens (tertiary/aromatic N) is 2. The smallest absolute Gasteiger partial charge is 0.139 e. The van der Waals surface area contributed by atoms with Gasteiger partial charge in [-0.1, -0.05) is 51.3 Å². The summed E-state index contributed by atoms with van der Waals surface area (Å²) >= 11 is 16.3. The van der Waals surface area contributed by atoms with Crippen molar-refractivity contribution in [3.8, 4) is 11.1 Å². The lowest BCUT2D eigenvalue weighted by atomic mass is 10.1. The number of benzene rings is 1. The zero-order valence-corrected chi connectivity index (χ0v) is 12.7. The Bertz CT molecular complexity index is 760. The predicted octanol–water partition coefficient (Wildman–Crippen LogP) is 5.37. The van der Waals surface area contributed by atoms with Gasteiger partial charge in [0.15, 0.2) is 0 Å². The Morgan fingerprint density at radius 2 is 1.89 bits per heavy atom. The third-order valence-corrected chi connectivity index (χ3v) is 4.12. The van der Waals surface area contributed by atoms with Gasteiger partial charge in [-0.2, -0.15) is 0 Å². The van der Waals surface area contributed by atoms with Crippen LogP contribution in [0.2, 0.25) is 10.2 Å². The molecule has 0 radical (unpaired) electrons. The number of pyridine rings is 2. The molecule has 3 aromatic rings. The van der Waals surface area contributed by atoms with Crippen molar-refractivity contribution in [2.45, 2.75) is 0 Å². The van der Waals surface area contributed by atoms with Crippen LogP contribution >= 0.6 is 39.1 Å². The van der Waals surface area contributed by atoms with Gasteiger partial charge in [-0.05, 0) is 18.2 Å². The normalized spacial score (nSPS) is 10.9. The average Bonchev–Trinajstić information content (AvgIpc) is 2.39. The van der Waals surface area contributed by atoms with Crippen LogP contribution < -0.4 is 0 Å². The average molecular weight is 354 g/mol. The second-order valence-corrected chi connectivity index (χ2v) is 5.56. The molecule has 94 valence electrons. The first-order valence-electron chi connectivity index (χ1n) is 5.52. The summed E-state index contributed by atoms with van der Waals surface area (Å²) < 4.78 is 0.893. The molecule has 3 rings (SSSR count). The fraction of sp³-hybridized carbons (Fsp3) is 0. The zero-order chi connectivity index (χ0) is 13.4. The van der Waals surface area contributed by atoms with Crippen molar-refractivity contribution in [3.63, 3.8) is 0 Å². The minimum atomic E-state index is 0.378. The minimum Gasteiger partial charge on any atom is -0.264 e. The SMILES string of the molecule is Clc1nc2cccc(Br)c2c(Cl)c1-c1cccnc1. The van der Waals surface area contributed by atoms with E-state index in [-0.39, 0.29) is 0 Å². The van der Waals surface area contributed by atoms with Gasteiger partial charge in [-0.25, -0.2) is 4.98 Å². The summed E-state index contributed by atoms with van der Waals surface area (Å²) in [5.41, 5.74) is 2.32. The molecular formula is C14H7BrCl2N2. The summed E-state index contributed by atoms with van der Waals surface area (Å²) in [5.74, 6) is 0. The highest BCUT2D eigenvalue weighted by molar-refractivity contribution is 9.10. The zero-order valence-electron chi connectivity index (χ0n) is 9.57. The molecule has 0 saturated carbocycles.